The molecule has 96 valence electrons. The van der Waals surface area contributed by atoms with E-state index in [1.54, 1.807) is 13.8 Å². The van der Waals surface area contributed by atoms with Gasteiger partial charge < -0.3 is 9.42 Å². The summed E-state index contributed by atoms with van der Waals surface area (Å²) < 4.78 is 4.82. The molecule has 1 aliphatic rings. The third-order valence-corrected chi connectivity index (χ3v) is 2.88. The van der Waals surface area contributed by atoms with Crippen molar-refractivity contribution in [1.29, 1.82) is 0 Å². The lowest BCUT2D eigenvalue weighted by Gasteiger charge is -2.33. The first-order valence-corrected chi connectivity index (χ1v) is 5.60. The third-order valence-electron chi connectivity index (χ3n) is 2.88. The fourth-order valence-electron chi connectivity index (χ4n) is 1.94. The second-order valence-electron chi connectivity index (χ2n) is 4.07. The van der Waals surface area contributed by atoms with Gasteiger partial charge in [-0.2, -0.15) is 0 Å². The Morgan fingerprint density at radius 3 is 2.89 bits per heavy atom. The van der Waals surface area contributed by atoms with Crippen LogP contribution in [0.3, 0.4) is 0 Å². The smallest absolute Gasteiger partial charge is 0.260 e. The molecule has 1 fully saturated rings. The van der Waals surface area contributed by atoms with E-state index in [1.165, 1.54) is 11.1 Å². The summed E-state index contributed by atoms with van der Waals surface area (Å²) in [4.78, 5) is 36.5. The molecule has 0 radical (unpaired) electrons. The highest BCUT2D eigenvalue weighted by Crippen LogP contribution is 2.16. The van der Waals surface area contributed by atoms with E-state index >= 15 is 0 Å². The molecule has 1 aromatic rings. The topological polar surface area (TPSA) is 92.5 Å². The maximum Gasteiger partial charge on any atom is 0.260 e. The minimum atomic E-state index is -0.635. The number of carbonyl (C=O) groups is 3. The lowest BCUT2D eigenvalue weighted by Crippen LogP contribution is -2.59. The normalized spacial score (nSPS) is 19.9. The summed E-state index contributed by atoms with van der Waals surface area (Å²) in [5.41, 5.74) is 0.274. The Bertz CT molecular complexity index is 508. The monoisotopic (exact) mass is 251 g/mol. The van der Waals surface area contributed by atoms with Crippen molar-refractivity contribution in [2.24, 2.45) is 0 Å². The van der Waals surface area contributed by atoms with Crippen LogP contribution < -0.4 is 5.32 Å². The fourth-order valence-corrected chi connectivity index (χ4v) is 1.94. The van der Waals surface area contributed by atoms with Gasteiger partial charge in [-0.15, -0.1) is 0 Å². The van der Waals surface area contributed by atoms with Gasteiger partial charge in [-0.05, 0) is 13.3 Å². The van der Waals surface area contributed by atoms with Crippen LogP contribution in [0.5, 0.6) is 0 Å². The molecule has 0 spiro atoms. The van der Waals surface area contributed by atoms with Gasteiger partial charge in [-0.1, -0.05) is 12.1 Å². The molecule has 1 saturated heterocycles. The molecule has 18 heavy (non-hydrogen) atoms. The molecule has 1 unspecified atom stereocenters. The van der Waals surface area contributed by atoms with Crippen LogP contribution >= 0.6 is 0 Å². The van der Waals surface area contributed by atoms with Gasteiger partial charge in [0.1, 0.15) is 23.9 Å². The minimum Gasteiger partial charge on any atom is -0.361 e. The maximum atomic E-state index is 12.2. The molecule has 0 saturated carbocycles. The second-order valence-corrected chi connectivity index (χ2v) is 4.07. The van der Waals surface area contributed by atoms with Crippen molar-refractivity contribution in [2.45, 2.75) is 26.3 Å². The zero-order chi connectivity index (χ0) is 13.3. The van der Waals surface area contributed by atoms with Gasteiger partial charge in [-0.3, -0.25) is 19.7 Å². The Hall–Kier alpha value is -2.18. The summed E-state index contributed by atoms with van der Waals surface area (Å²) in [6.45, 7) is 3.25. The number of imide groups is 1. The van der Waals surface area contributed by atoms with Gasteiger partial charge in [0.15, 0.2) is 0 Å². The highest BCUT2D eigenvalue weighted by atomic mass is 16.5. The summed E-state index contributed by atoms with van der Waals surface area (Å²) in [5.74, 6) is -0.972. The van der Waals surface area contributed by atoms with E-state index in [4.69, 9.17) is 4.52 Å². The van der Waals surface area contributed by atoms with Gasteiger partial charge in [0.25, 0.3) is 5.91 Å². The van der Waals surface area contributed by atoms with Crippen molar-refractivity contribution in [3.8, 4) is 0 Å². The molecule has 1 atom stereocenters. The Morgan fingerprint density at radius 2 is 2.33 bits per heavy atom. The molecule has 3 amide bonds. The predicted molar refractivity (Wildman–Crippen MR) is 59.5 cm³/mol. The van der Waals surface area contributed by atoms with Crippen LogP contribution in [0.1, 0.15) is 29.5 Å². The van der Waals surface area contributed by atoms with Gasteiger partial charge in [0.2, 0.25) is 11.8 Å². The summed E-state index contributed by atoms with van der Waals surface area (Å²) in [6, 6.07) is -0.635. The second kappa shape index (κ2) is 4.59. The van der Waals surface area contributed by atoms with E-state index in [-0.39, 0.29) is 12.1 Å². The SMILES string of the molecule is CCC1C(=O)NC(=O)CN1C(=O)c1cnoc1C. The number of aryl methyl sites for hydroxylation is 1. The number of aromatic nitrogens is 1. The molecule has 0 aromatic carbocycles. The molecule has 2 rings (SSSR count). The van der Waals surface area contributed by atoms with E-state index in [1.807, 2.05) is 0 Å². The molecular formula is C11H13N3O4. The van der Waals surface area contributed by atoms with Crippen molar-refractivity contribution in [2.75, 3.05) is 6.54 Å². The van der Waals surface area contributed by atoms with Crippen LogP contribution in [-0.4, -0.2) is 40.4 Å². The molecule has 7 nitrogen and oxygen atoms in total. The first kappa shape index (κ1) is 12.3. The van der Waals surface area contributed by atoms with E-state index in [0.717, 1.165) is 0 Å². The third kappa shape index (κ3) is 1.99. The number of nitrogens with zero attached hydrogens (tertiary/aromatic N) is 2. The number of piperazine rings is 1. The Morgan fingerprint density at radius 1 is 1.61 bits per heavy atom. The first-order chi connectivity index (χ1) is 8.54. The van der Waals surface area contributed by atoms with Crippen LogP contribution in [0.4, 0.5) is 0 Å². The molecule has 0 bridgehead atoms. The Balaban J connectivity index is 2.30. The standard InChI is InChI=1S/C11H13N3O4/c1-3-8-10(16)13-9(15)5-14(8)11(17)7-4-12-18-6(7)2/h4,8H,3,5H2,1-2H3,(H,13,15,16). The van der Waals surface area contributed by atoms with Crippen molar-refractivity contribution in [1.82, 2.24) is 15.4 Å². The molecular weight excluding hydrogens is 238 g/mol. The Kier molecular flexibility index (Phi) is 3.14. The van der Waals surface area contributed by atoms with E-state index < -0.39 is 23.8 Å². The minimum absolute atomic E-state index is 0.131. The van der Waals surface area contributed by atoms with Gasteiger partial charge in [-0.25, -0.2) is 0 Å². The van der Waals surface area contributed by atoms with Crippen LogP contribution in [0.25, 0.3) is 0 Å². The van der Waals surface area contributed by atoms with E-state index in [0.29, 0.717) is 12.2 Å². The average Bonchev–Trinajstić information content (AvgIpc) is 2.73. The van der Waals surface area contributed by atoms with Gasteiger partial charge in [0, 0.05) is 0 Å². The molecule has 1 aromatic heterocycles. The quantitative estimate of drug-likeness (QED) is 0.738. The summed E-state index contributed by atoms with van der Waals surface area (Å²) >= 11 is 0. The first-order valence-electron chi connectivity index (χ1n) is 5.60. The van der Waals surface area contributed by atoms with Crippen molar-refractivity contribution in [3.63, 3.8) is 0 Å². The van der Waals surface area contributed by atoms with Crippen LogP contribution in [-0.2, 0) is 9.59 Å². The zero-order valence-corrected chi connectivity index (χ0v) is 10.1. The van der Waals surface area contributed by atoms with Gasteiger partial charge >= 0.3 is 0 Å². The van der Waals surface area contributed by atoms with Crippen molar-refractivity contribution >= 4 is 17.7 Å². The molecule has 1 aliphatic heterocycles. The fraction of sp³-hybridized carbons (Fsp3) is 0.455. The predicted octanol–water partition coefficient (Wildman–Crippen LogP) is -0.140. The van der Waals surface area contributed by atoms with Crippen LogP contribution in [0.15, 0.2) is 10.7 Å². The molecule has 1 N–H and O–H groups in total. The lowest BCUT2D eigenvalue weighted by atomic mass is 10.1. The number of nitrogens with one attached hydrogen (secondary N) is 1. The average molecular weight is 251 g/mol. The zero-order valence-electron chi connectivity index (χ0n) is 10.1. The van der Waals surface area contributed by atoms with Gasteiger partial charge in [0.05, 0.1) is 6.20 Å². The number of hydrogen-bond acceptors (Lipinski definition) is 5. The van der Waals surface area contributed by atoms with Crippen molar-refractivity contribution in [3.05, 3.63) is 17.5 Å². The maximum absolute atomic E-state index is 12.2. The largest absolute Gasteiger partial charge is 0.361 e. The van der Waals surface area contributed by atoms with Crippen LogP contribution in [0.2, 0.25) is 0 Å². The van der Waals surface area contributed by atoms with E-state index in [2.05, 4.69) is 10.5 Å². The lowest BCUT2D eigenvalue weighted by molar-refractivity contribution is -0.138. The Labute approximate surface area is 103 Å². The molecule has 0 aliphatic carbocycles. The summed E-state index contributed by atoms with van der Waals surface area (Å²) in [6.07, 6.45) is 1.73. The number of carbonyl (C=O) groups excluding carboxylic acids is 3. The highest BCUT2D eigenvalue weighted by molar-refractivity contribution is 6.07. The highest BCUT2D eigenvalue weighted by Gasteiger charge is 2.36. The van der Waals surface area contributed by atoms with Crippen molar-refractivity contribution < 1.29 is 18.9 Å². The molecule has 7 heteroatoms. The summed E-state index contributed by atoms with van der Waals surface area (Å²) in [7, 11) is 0. The van der Waals surface area contributed by atoms with Crippen LogP contribution in [0, 0.1) is 6.92 Å². The number of rotatable bonds is 2. The number of hydrogen-bond donors (Lipinski definition) is 1. The van der Waals surface area contributed by atoms with E-state index in [9.17, 15) is 14.4 Å². The summed E-state index contributed by atoms with van der Waals surface area (Å²) in [5, 5.41) is 5.73. The number of amides is 3. The molecule has 2 heterocycles.